The second-order valence-corrected chi connectivity index (χ2v) is 16.2. The SMILES string of the molecule is C=CC(=O)OCCCCOc1ccc(OC(=O)c2ccc(SCCCCCCCSc3ccc(C(=O)Oc4ccc(OCCCCOC(=O)C=C)cc4C)cc3OC)cc2)cc1. The maximum Gasteiger partial charge on any atom is 0.343 e. The van der Waals surface area contributed by atoms with Gasteiger partial charge in [-0.25, -0.2) is 19.2 Å². The number of hydrogen-bond acceptors (Lipinski definition) is 13. The van der Waals surface area contributed by atoms with Gasteiger partial charge in [0.05, 0.1) is 44.7 Å². The predicted molar refractivity (Wildman–Crippen MR) is 243 cm³/mol. The van der Waals surface area contributed by atoms with Gasteiger partial charge in [-0.1, -0.05) is 32.4 Å². The third kappa shape index (κ3) is 18.1. The molecule has 0 fully saturated rings. The van der Waals surface area contributed by atoms with Gasteiger partial charge in [0.1, 0.15) is 28.7 Å². The summed E-state index contributed by atoms with van der Waals surface area (Å²) >= 11 is 3.49. The van der Waals surface area contributed by atoms with Crippen LogP contribution in [0.2, 0.25) is 0 Å². The van der Waals surface area contributed by atoms with Crippen molar-refractivity contribution >= 4 is 47.4 Å². The molecule has 62 heavy (non-hydrogen) atoms. The van der Waals surface area contributed by atoms with Crippen molar-refractivity contribution in [1.29, 1.82) is 0 Å². The van der Waals surface area contributed by atoms with Crippen LogP contribution in [0, 0.1) is 6.92 Å². The summed E-state index contributed by atoms with van der Waals surface area (Å²) in [6.45, 7) is 10.2. The number of unbranched alkanes of at least 4 members (excludes halogenated alkanes) is 6. The molecule has 0 aliphatic carbocycles. The first-order valence-corrected chi connectivity index (χ1v) is 22.7. The Hall–Kier alpha value is -5.66. The molecule has 330 valence electrons. The first-order valence-electron chi connectivity index (χ1n) is 20.7. The molecule has 4 aromatic carbocycles. The van der Waals surface area contributed by atoms with Crippen molar-refractivity contribution in [3.8, 4) is 28.7 Å². The zero-order valence-electron chi connectivity index (χ0n) is 35.6. The second-order valence-electron chi connectivity index (χ2n) is 13.9. The van der Waals surface area contributed by atoms with Crippen LogP contribution in [0.3, 0.4) is 0 Å². The van der Waals surface area contributed by atoms with Crippen LogP contribution < -0.4 is 23.7 Å². The summed E-state index contributed by atoms with van der Waals surface area (Å²) in [5.74, 6) is 3.04. The van der Waals surface area contributed by atoms with Crippen LogP contribution in [0.5, 0.6) is 28.7 Å². The quantitative estimate of drug-likeness (QED) is 0.0169. The third-order valence-corrected chi connectivity index (χ3v) is 11.4. The van der Waals surface area contributed by atoms with Gasteiger partial charge >= 0.3 is 23.9 Å². The molecule has 0 radical (unpaired) electrons. The number of hydrogen-bond donors (Lipinski definition) is 0. The summed E-state index contributed by atoms with van der Waals surface area (Å²) < 4.78 is 38.3. The standard InChI is InChI=1S/C49H56O11S2/c1-5-46(50)57-30-12-10-28-55-39-19-21-40(22-20-39)59-48(52)37-16-24-42(25-17-37)61-32-14-8-7-9-15-33-62-45-27-18-38(35-44(45)54-4)49(53)60-43-26-23-41(34-36(43)3)56-29-11-13-31-58-47(51)6-2/h5-6,16-27,34-35H,1-2,7-15,28-33H2,3-4H3. The molecule has 0 aliphatic heterocycles. The molecular formula is C49H56O11S2. The lowest BCUT2D eigenvalue weighted by molar-refractivity contribution is -0.138. The molecule has 0 heterocycles. The van der Waals surface area contributed by atoms with Gasteiger partial charge in [-0.2, -0.15) is 0 Å². The molecule has 0 amide bonds. The Kier molecular flexibility index (Phi) is 22.2. The van der Waals surface area contributed by atoms with E-state index in [0.717, 1.165) is 84.0 Å². The highest BCUT2D eigenvalue weighted by Crippen LogP contribution is 2.32. The molecule has 0 aromatic heterocycles. The van der Waals surface area contributed by atoms with Crippen LogP contribution in [-0.4, -0.2) is 68.9 Å². The summed E-state index contributed by atoms with van der Waals surface area (Å²) in [7, 11) is 1.60. The van der Waals surface area contributed by atoms with Crippen molar-refractivity contribution in [3.63, 3.8) is 0 Å². The average molecular weight is 885 g/mol. The zero-order chi connectivity index (χ0) is 44.4. The van der Waals surface area contributed by atoms with Gasteiger partial charge in [0.2, 0.25) is 0 Å². The van der Waals surface area contributed by atoms with Gasteiger partial charge < -0.3 is 33.2 Å². The Balaban J connectivity index is 1.06. The number of rotatable bonds is 29. The fraction of sp³-hybridized carbons (Fsp3) is 0.347. The van der Waals surface area contributed by atoms with Crippen LogP contribution in [0.4, 0.5) is 0 Å². The number of esters is 4. The van der Waals surface area contributed by atoms with Gasteiger partial charge in [0.25, 0.3) is 0 Å². The first-order chi connectivity index (χ1) is 30.2. The smallest absolute Gasteiger partial charge is 0.343 e. The van der Waals surface area contributed by atoms with Gasteiger partial charge in [-0.3, -0.25) is 0 Å². The summed E-state index contributed by atoms with van der Waals surface area (Å²) in [6.07, 6.45) is 10.7. The molecule has 0 saturated carbocycles. The summed E-state index contributed by atoms with van der Waals surface area (Å²) in [5.41, 5.74) is 1.65. The minimum absolute atomic E-state index is 0.318. The Labute approximate surface area is 373 Å². The molecule has 0 atom stereocenters. The Morgan fingerprint density at radius 3 is 1.68 bits per heavy atom. The van der Waals surface area contributed by atoms with Crippen LogP contribution in [0.15, 0.2) is 120 Å². The molecule has 13 heteroatoms. The van der Waals surface area contributed by atoms with Crippen molar-refractivity contribution < 1.29 is 52.3 Å². The van der Waals surface area contributed by atoms with E-state index in [9.17, 15) is 19.2 Å². The molecular weight excluding hydrogens is 829 g/mol. The van der Waals surface area contributed by atoms with Crippen molar-refractivity contribution in [2.24, 2.45) is 0 Å². The maximum atomic E-state index is 13.0. The number of ether oxygens (including phenoxy) is 7. The fourth-order valence-electron chi connectivity index (χ4n) is 5.71. The first kappa shape index (κ1) is 49.0. The van der Waals surface area contributed by atoms with Crippen molar-refractivity contribution in [2.75, 3.05) is 45.0 Å². The van der Waals surface area contributed by atoms with E-state index in [1.807, 2.05) is 31.2 Å². The van der Waals surface area contributed by atoms with E-state index in [1.165, 1.54) is 0 Å². The number of methoxy groups -OCH3 is 1. The minimum atomic E-state index is -0.469. The highest BCUT2D eigenvalue weighted by molar-refractivity contribution is 7.99. The molecule has 11 nitrogen and oxygen atoms in total. The molecule has 0 aliphatic rings. The zero-order valence-corrected chi connectivity index (χ0v) is 37.2. The number of carbonyl (C=O) groups is 4. The number of carbonyl (C=O) groups excluding carboxylic acids is 4. The third-order valence-electron chi connectivity index (χ3n) is 9.12. The van der Waals surface area contributed by atoms with Gasteiger partial charge in [0.15, 0.2) is 0 Å². The molecule has 0 saturated heterocycles. The average Bonchev–Trinajstić information content (AvgIpc) is 3.29. The van der Waals surface area contributed by atoms with Crippen LogP contribution in [-0.2, 0) is 19.1 Å². The van der Waals surface area contributed by atoms with Crippen LogP contribution in [0.25, 0.3) is 0 Å². The van der Waals surface area contributed by atoms with Crippen LogP contribution in [0.1, 0.15) is 84.1 Å². The van der Waals surface area contributed by atoms with E-state index >= 15 is 0 Å². The van der Waals surface area contributed by atoms with E-state index in [2.05, 4.69) is 13.2 Å². The van der Waals surface area contributed by atoms with Gasteiger partial charge in [-0.15, -0.1) is 23.5 Å². The Morgan fingerprint density at radius 1 is 0.532 bits per heavy atom. The predicted octanol–water partition coefficient (Wildman–Crippen LogP) is 11.1. The summed E-state index contributed by atoms with van der Waals surface area (Å²) in [5, 5.41) is 0. The van der Waals surface area contributed by atoms with Crippen molar-refractivity contribution in [3.05, 3.63) is 127 Å². The molecule has 4 rings (SSSR count). The minimum Gasteiger partial charge on any atom is -0.496 e. The van der Waals surface area contributed by atoms with E-state index in [1.54, 1.807) is 91.3 Å². The number of aryl methyl sites for hydroxylation is 1. The largest absolute Gasteiger partial charge is 0.496 e. The van der Waals surface area contributed by atoms with Gasteiger partial charge in [0, 0.05) is 21.9 Å². The number of thioether (sulfide) groups is 2. The monoisotopic (exact) mass is 884 g/mol. The molecule has 0 unspecified atom stereocenters. The lowest BCUT2D eigenvalue weighted by Gasteiger charge is -2.12. The van der Waals surface area contributed by atoms with Crippen LogP contribution >= 0.6 is 23.5 Å². The van der Waals surface area contributed by atoms with Crippen molar-refractivity contribution in [2.45, 2.75) is 74.5 Å². The Bertz CT molecular complexity index is 2050. The summed E-state index contributed by atoms with van der Waals surface area (Å²) in [4.78, 5) is 50.0. The van der Waals surface area contributed by atoms with E-state index in [-0.39, 0.29) is 0 Å². The Morgan fingerprint density at radius 2 is 1.06 bits per heavy atom. The van der Waals surface area contributed by atoms with E-state index < -0.39 is 23.9 Å². The fourth-order valence-corrected chi connectivity index (χ4v) is 7.64. The van der Waals surface area contributed by atoms with E-state index in [4.69, 9.17) is 33.2 Å². The molecule has 0 bridgehead atoms. The topological polar surface area (TPSA) is 133 Å². The normalized spacial score (nSPS) is 10.6. The van der Waals surface area contributed by atoms with Gasteiger partial charge in [-0.05, 0) is 147 Å². The molecule has 0 spiro atoms. The second kappa shape index (κ2) is 28.0. The highest BCUT2D eigenvalue weighted by Gasteiger charge is 2.15. The molecule has 4 aromatic rings. The highest BCUT2D eigenvalue weighted by atomic mass is 32.2. The summed E-state index contributed by atoms with van der Waals surface area (Å²) in [6, 6.07) is 25.1. The lowest BCUT2D eigenvalue weighted by Crippen LogP contribution is -2.10. The van der Waals surface area contributed by atoms with Crippen molar-refractivity contribution in [1.82, 2.24) is 0 Å². The number of benzene rings is 4. The van der Waals surface area contributed by atoms with E-state index in [0.29, 0.717) is 79.1 Å². The lowest BCUT2D eigenvalue weighted by atomic mass is 10.2. The molecule has 0 N–H and O–H groups in total. The maximum absolute atomic E-state index is 13.0.